The second-order valence-corrected chi connectivity index (χ2v) is 5.78. The Morgan fingerprint density at radius 2 is 2.00 bits per heavy atom. The van der Waals surface area contributed by atoms with Gasteiger partial charge in [-0.25, -0.2) is 0 Å². The molecule has 1 atom stereocenters. The summed E-state index contributed by atoms with van der Waals surface area (Å²) in [4.78, 5) is 0. The van der Waals surface area contributed by atoms with Crippen LogP contribution in [-0.4, -0.2) is 12.7 Å². The summed E-state index contributed by atoms with van der Waals surface area (Å²) < 4.78 is 5.88. The van der Waals surface area contributed by atoms with E-state index in [4.69, 9.17) is 4.74 Å². The SMILES string of the molecule is C/C(=C\c1ccccc1)C1CC(C)(C)CCO1. The number of hydrogen-bond acceptors (Lipinski definition) is 1. The lowest BCUT2D eigenvalue weighted by Gasteiger charge is -2.35. The van der Waals surface area contributed by atoms with Crippen molar-refractivity contribution >= 4 is 6.08 Å². The van der Waals surface area contributed by atoms with E-state index in [0.717, 1.165) is 13.0 Å². The Balaban J connectivity index is 2.09. The van der Waals surface area contributed by atoms with E-state index in [1.165, 1.54) is 17.6 Å². The Bertz CT molecular complexity index is 389. The molecule has 0 aromatic heterocycles. The van der Waals surface area contributed by atoms with E-state index in [1.807, 2.05) is 6.07 Å². The summed E-state index contributed by atoms with van der Waals surface area (Å²) >= 11 is 0. The van der Waals surface area contributed by atoms with Crippen molar-refractivity contribution < 1.29 is 4.74 Å². The van der Waals surface area contributed by atoms with Crippen LogP contribution in [0.3, 0.4) is 0 Å². The van der Waals surface area contributed by atoms with Crippen LogP contribution in [0.2, 0.25) is 0 Å². The first-order valence-electron chi connectivity index (χ1n) is 6.42. The van der Waals surface area contributed by atoms with Crippen molar-refractivity contribution in [2.45, 2.75) is 39.7 Å². The van der Waals surface area contributed by atoms with Gasteiger partial charge < -0.3 is 4.74 Å². The summed E-state index contributed by atoms with van der Waals surface area (Å²) in [5.74, 6) is 0. The van der Waals surface area contributed by atoms with Gasteiger partial charge in [0.15, 0.2) is 0 Å². The lowest BCUT2D eigenvalue weighted by Crippen LogP contribution is -2.31. The van der Waals surface area contributed by atoms with Crippen molar-refractivity contribution in [1.82, 2.24) is 0 Å². The molecule has 17 heavy (non-hydrogen) atoms. The van der Waals surface area contributed by atoms with Crippen LogP contribution >= 0.6 is 0 Å². The highest BCUT2D eigenvalue weighted by molar-refractivity contribution is 5.53. The van der Waals surface area contributed by atoms with Gasteiger partial charge in [-0.15, -0.1) is 0 Å². The quantitative estimate of drug-likeness (QED) is 0.736. The molecule has 0 amide bonds. The lowest BCUT2D eigenvalue weighted by atomic mass is 9.80. The van der Waals surface area contributed by atoms with Gasteiger partial charge in [-0.3, -0.25) is 0 Å². The standard InChI is InChI=1S/C16H22O/c1-13(11-14-7-5-4-6-8-14)15-12-16(2,3)9-10-17-15/h4-8,11,15H,9-10,12H2,1-3H3/b13-11+. The fourth-order valence-corrected chi connectivity index (χ4v) is 2.34. The predicted molar refractivity (Wildman–Crippen MR) is 72.8 cm³/mol. The van der Waals surface area contributed by atoms with Gasteiger partial charge in [0.2, 0.25) is 0 Å². The number of hydrogen-bond donors (Lipinski definition) is 0. The first-order chi connectivity index (χ1) is 8.07. The van der Waals surface area contributed by atoms with E-state index in [2.05, 4.69) is 51.1 Å². The van der Waals surface area contributed by atoms with E-state index in [0.29, 0.717) is 11.5 Å². The Hall–Kier alpha value is -1.08. The fourth-order valence-electron chi connectivity index (χ4n) is 2.34. The van der Waals surface area contributed by atoms with E-state index in [9.17, 15) is 0 Å². The number of ether oxygens (including phenoxy) is 1. The molecule has 0 N–H and O–H groups in total. The van der Waals surface area contributed by atoms with Crippen LogP contribution in [0.15, 0.2) is 35.9 Å². The molecule has 0 spiro atoms. The number of rotatable bonds is 2. The first-order valence-corrected chi connectivity index (χ1v) is 6.42. The Kier molecular flexibility index (Phi) is 3.68. The molecule has 1 saturated heterocycles. The van der Waals surface area contributed by atoms with Crippen LogP contribution in [0.25, 0.3) is 6.08 Å². The molecule has 1 aromatic carbocycles. The lowest BCUT2D eigenvalue weighted by molar-refractivity contribution is -0.0153. The molecule has 0 saturated carbocycles. The molecule has 1 aliphatic rings. The summed E-state index contributed by atoms with van der Waals surface area (Å²) in [6.07, 6.45) is 4.83. The summed E-state index contributed by atoms with van der Waals surface area (Å²) in [5, 5.41) is 0. The van der Waals surface area contributed by atoms with Gasteiger partial charge in [-0.1, -0.05) is 50.3 Å². The van der Waals surface area contributed by atoms with Crippen molar-refractivity contribution in [3.8, 4) is 0 Å². The van der Waals surface area contributed by atoms with Gasteiger partial charge in [0.05, 0.1) is 6.10 Å². The Morgan fingerprint density at radius 3 is 2.65 bits per heavy atom. The van der Waals surface area contributed by atoms with Crippen molar-refractivity contribution in [1.29, 1.82) is 0 Å². The molecule has 1 aromatic rings. The Labute approximate surface area is 104 Å². The van der Waals surface area contributed by atoms with Crippen LogP contribution in [0, 0.1) is 5.41 Å². The summed E-state index contributed by atoms with van der Waals surface area (Å²) in [6, 6.07) is 10.5. The van der Waals surface area contributed by atoms with Crippen LogP contribution < -0.4 is 0 Å². The fraction of sp³-hybridized carbons (Fsp3) is 0.500. The molecule has 1 heteroatoms. The van der Waals surface area contributed by atoms with E-state index in [1.54, 1.807) is 0 Å². The zero-order valence-corrected chi connectivity index (χ0v) is 11.1. The molecule has 0 aliphatic carbocycles. The average molecular weight is 230 g/mol. The minimum absolute atomic E-state index is 0.291. The van der Waals surface area contributed by atoms with Gasteiger partial charge in [-0.2, -0.15) is 0 Å². The van der Waals surface area contributed by atoms with Gasteiger partial charge in [0.1, 0.15) is 0 Å². The average Bonchev–Trinajstić information content (AvgIpc) is 2.29. The van der Waals surface area contributed by atoms with Crippen molar-refractivity contribution in [2.75, 3.05) is 6.61 Å². The molecule has 1 fully saturated rings. The topological polar surface area (TPSA) is 9.23 Å². The molecule has 1 unspecified atom stereocenters. The van der Waals surface area contributed by atoms with Crippen LogP contribution in [0.1, 0.15) is 39.2 Å². The zero-order valence-electron chi connectivity index (χ0n) is 11.1. The Morgan fingerprint density at radius 1 is 1.29 bits per heavy atom. The van der Waals surface area contributed by atoms with E-state index < -0.39 is 0 Å². The molecular formula is C16H22O. The normalized spacial score (nSPS) is 24.6. The maximum atomic E-state index is 5.88. The van der Waals surface area contributed by atoms with Gasteiger partial charge >= 0.3 is 0 Å². The van der Waals surface area contributed by atoms with Crippen molar-refractivity contribution in [3.63, 3.8) is 0 Å². The number of benzene rings is 1. The minimum atomic E-state index is 0.291. The molecule has 92 valence electrons. The third kappa shape index (κ3) is 3.44. The smallest absolute Gasteiger partial charge is 0.0790 e. The minimum Gasteiger partial charge on any atom is -0.374 e. The molecule has 1 aliphatic heterocycles. The highest BCUT2D eigenvalue weighted by Crippen LogP contribution is 2.35. The molecule has 0 bridgehead atoms. The second-order valence-electron chi connectivity index (χ2n) is 5.78. The van der Waals surface area contributed by atoms with E-state index >= 15 is 0 Å². The zero-order chi connectivity index (χ0) is 12.3. The van der Waals surface area contributed by atoms with Gasteiger partial charge in [-0.05, 0) is 36.3 Å². The summed E-state index contributed by atoms with van der Waals surface area (Å²) in [5.41, 5.74) is 3.01. The largest absolute Gasteiger partial charge is 0.374 e. The maximum absolute atomic E-state index is 5.88. The van der Waals surface area contributed by atoms with Crippen LogP contribution in [0.4, 0.5) is 0 Å². The maximum Gasteiger partial charge on any atom is 0.0790 e. The third-order valence-corrected chi connectivity index (χ3v) is 3.54. The van der Waals surface area contributed by atoms with E-state index in [-0.39, 0.29) is 0 Å². The predicted octanol–water partition coefficient (Wildman–Crippen LogP) is 4.30. The van der Waals surface area contributed by atoms with Crippen molar-refractivity contribution in [3.05, 3.63) is 41.5 Å². The third-order valence-electron chi connectivity index (χ3n) is 3.54. The summed E-state index contributed by atoms with van der Waals surface area (Å²) in [7, 11) is 0. The van der Waals surface area contributed by atoms with Crippen molar-refractivity contribution in [2.24, 2.45) is 5.41 Å². The summed E-state index contributed by atoms with van der Waals surface area (Å²) in [6.45, 7) is 7.73. The highest BCUT2D eigenvalue weighted by atomic mass is 16.5. The van der Waals surface area contributed by atoms with Gasteiger partial charge in [0, 0.05) is 6.61 Å². The monoisotopic (exact) mass is 230 g/mol. The molecule has 2 rings (SSSR count). The molecule has 1 nitrogen and oxygen atoms in total. The van der Waals surface area contributed by atoms with Gasteiger partial charge in [0.25, 0.3) is 0 Å². The second kappa shape index (κ2) is 5.05. The van der Waals surface area contributed by atoms with Crippen LogP contribution in [0.5, 0.6) is 0 Å². The highest BCUT2D eigenvalue weighted by Gasteiger charge is 2.29. The van der Waals surface area contributed by atoms with Crippen LogP contribution in [-0.2, 0) is 4.74 Å². The molecule has 1 heterocycles. The first kappa shape index (κ1) is 12.4. The molecular weight excluding hydrogens is 208 g/mol. The molecule has 0 radical (unpaired) electrons.